The Hall–Kier alpha value is -1.29. The van der Waals surface area contributed by atoms with Gasteiger partial charge in [0.1, 0.15) is 5.78 Å². The molecule has 0 heterocycles. The first-order chi connectivity index (χ1) is 9.07. The molecular formula is C15H19NO2S. The topological polar surface area (TPSA) is 46.2 Å². The van der Waals surface area contributed by atoms with Crippen molar-refractivity contribution in [3.63, 3.8) is 0 Å². The smallest absolute Gasteiger partial charge is 0.227 e. The van der Waals surface area contributed by atoms with E-state index in [0.29, 0.717) is 6.54 Å². The summed E-state index contributed by atoms with van der Waals surface area (Å²) >= 11 is 1.74. The van der Waals surface area contributed by atoms with Crippen LogP contribution in [-0.2, 0) is 15.0 Å². The van der Waals surface area contributed by atoms with Crippen LogP contribution in [0.1, 0.15) is 31.7 Å². The molecule has 1 aromatic carbocycles. The van der Waals surface area contributed by atoms with Crippen LogP contribution in [0.15, 0.2) is 29.2 Å². The highest BCUT2D eigenvalue weighted by atomic mass is 32.2. The summed E-state index contributed by atoms with van der Waals surface area (Å²) in [5.74, 6) is -0.257. The van der Waals surface area contributed by atoms with Crippen LogP contribution in [0.25, 0.3) is 0 Å². The molecule has 4 heteroatoms. The molecule has 3 nitrogen and oxygen atoms in total. The van der Waals surface area contributed by atoms with Gasteiger partial charge < -0.3 is 5.32 Å². The van der Waals surface area contributed by atoms with Gasteiger partial charge in [-0.3, -0.25) is 9.59 Å². The van der Waals surface area contributed by atoms with Gasteiger partial charge in [0.2, 0.25) is 5.91 Å². The first-order valence-electron chi connectivity index (χ1n) is 6.47. The van der Waals surface area contributed by atoms with Crippen molar-refractivity contribution in [2.24, 2.45) is 0 Å². The number of nitrogens with one attached hydrogen (secondary N) is 1. The molecule has 1 fully saturated rings. The zero-order chi connectivity index (χ0) is 13.9. The van der Waals surface area contributed by atoms with Crippen LogP contribution in [0.3, 0.4) is 0 Å². The summed E-state index contributed by atoms with van der Waals surface area (Å²) < 4.78 is 0. The molecular weight excluding hydrogens is 258 g/mol. The fraction of sp³-hybridized carbons (Fsp3) is 0.467. The Labute approximate surface area is 118 Å². The van der Waals surface area contributed by atoms with Gasteiger partial charge in [-0.1, -0.05) is 18.2 Å². The minimum Gasteiger partial charge on any atom is -0.355 e. The van der Waals surface area contributed by atoms with Crippen molar-refractivity contribution in [3.8, 4) is 0 Å². The van der Waals surface area contributed by atoms with Gasteiger partial charge in [-0.15, -0.1) is 11.8 Å². The van der Waals surface area contributed by atoms with E-state index in [-0.39, 0.29) is 23.5 Å². The van der Waals surface area contributed by atoms with Gasteiger partial charge in [0.05, 0.1) is 6.42 Å². The van der Waals surface area contributed by atoms with Crippen LogP contribution in [0, 0.1) is 0 Å². The number of ketones is 1. The fourth-order valence-electron chi connectivity index (χ4n) is 2.33. The van der Waals surface area contributed by atoms with Gasteiger partial charge in [-0.2, -0.15) is 0 Å². The van der Waals surface area contributed by atoms with E-state index in [0.717, 1.165) is 12.8 Å². The van der Waals surface area contributed by atoms with Gasteiger partial charge in [0.15, 0.2) is 0 Å². The second kappa shape index (κ2) is 5.78. The number of thioether (sulfide) groups is 1. The van der Waals surface area contributed by atoms with Crippen LogP contribution < -0.4 is 5.32 Å². The normalized spacial score (nSPS) is 15.9. The standard InChI is InChI=1S/C15H19NO2S/c1-11(17)9-14(18)16-10-15(7-8-15)12-5-3-4-6-13(12)19-2/h3-6H,7-10H2,1-2H3,(H,16,18). The molecule has 0 atom stereocenters. The van der Waals surface area contributed by atoms with Crippen molar-refractivity contribution < 1.29 is 9.59 Å². The first-order valence-corrected chi connectivity index (χ1v) is 7.69. The van der Waals surface area contributed by atoms with Crippen LogP contribution in [0.2, 0.25) is 0 Å². The van der Waals surface area contributed by atoms with Crippen LogP contribution >= 0.6 is 11.8 Å². The predicted molar refractivity (Wildman–Crippen MR) is 77.4 cm³/mol. The SMILES string of the molecule is CSc1ccccc1C1(CNC(=O)CC(C)=O)CC1. The molecule has 0 spiro atoms. The van der Waals surface area contributed by atoms with E-state index >= 15 is 0 Å². The molecule has 19 heavy (non-hydrogen) atoms. The van der Waals surface area contributed by atoms with Crippen molar-refractivity contribution in [2.45, 2.75) is 36.5 Å². The monoisotopic (exact) mass is 277 g/mol. The zero-order valence-corrected chi connectivity index (χ0v) is 12.2. The summed E-state index contributed by atoms with van der Waals surface area (Å²) in [6.07, 6.45) is 4.26. The maximum atomic E-state index is 11.6. The molecule has 0 bridgehead atoms. The van der Waals surface area contributed by atoms with Gasteiger partial charge in [-0.05, 0) is 37.7 Å². The summed E-state index contributed by atoms with van der Waals surface area (Å²) in [6.45, 7) is 2.08. The van der Waals surface area contributed by atoms with Crippen molar-refractivity contribution >= 4 is 23.5 Å². The van der Waals surface area contributed by atoms with E-state index in [2.05, 4.69) is 23.7 Å². The van der Waals surface area contributed by atoms with Crippen molar-refractivity contribution in [3.05, 3.63) is 29.8 Å². The number of hydrogen-bond donors (Lipinski definition) is 1. The number of Topliss-reactive ketones (excluding diaryl/α,β-unsaturated/α-hetero) is 1. The largest absolute Gasteiger partial charge is 0.355 e. The Kier molecular flexibility index (Phi) is 4.30. The lowest BCUT2D eigenvalue weighted by molar-refractivity contribution is -0.127. The van der Waals surface area contributed by atoms with Crippen LogP contribution in [0.5, 0.6) is 0 Å². The highest BCUT2D eigenvalue weighted by Gasteiger charge is 2.45. The van der Waals surface area contributed by atoms with E-state index in [1.54, 1.807) is 11.8 Å². The molecule has 1 amide bonds. The fourth-order valence-corrected chi connectivity index (χ4v) is 3.05. The summed E-state index contributed by atoms with van der Waals surface area (Å²) in [4.78, 5) is 23.8. The minimum atomic E-state index is -0.166. The Morgan fingerprint density at radius 2 is 2.00 bits per heavy atom. The molecule has 1 aliphatic carbocycles. The predicted octanol–water partition coefficient (Wildman–Crippen LogP) is 2.54. The van der Waals surface area contributed by atoms with Crippen molar-refractivity contribution in [2.75, 3.05) is 12.8 Å². The number of hydrogen-bond acceptors (Lipinski definition) is 3. The summed E-state index contributed by atoms with van der Waals surface area (Å²) in [6, 6.07) is 8.36. The summed E-state index contributed by atoms with van der Waals surface area (Å²) in [7, 11) is 0. The third-order valence-electron chi connectivity index (χ3n) is 3.57. The van der Waals surface area contributed by atoms with Gasteiger partial charge in [0.25, 0.3) is 0 Å². The van der Waals surface area contributed by atoms with E-state index in [4.69, 9.17) is 0 Å². The quantitative estimate of drug-likeness (QED) is 0.642. The number of rotatable bonds is 6. The molecule has 0 radical (unpaired) electrons. The van der Waals surface area contributed by atoms with E-state index in [9.17, 15) is 9.59 Å². The summed E-state index contributed by atoms with van der Waals surface area (Å²) in [5, 5.41) is 2.90. The van der Waals surface area contributed by atoms with Gasteiger partial charge in [-0.25, -0.2) is 0 Å². The molecule has 1 aromatic rings. The Morgan fingerprint density at radius 1 is 1.32 bits per heavy atom. The molecule has 0 aliphatic heterocycles. The third-order valence-corrected chi connectivity index (χ3v) is 4.36. The zero-order valence-electron chi connectivity index (χ0n) is 11.4. The highest BCUT2D eigenvalue weighted by Crippen LogP contribution is 2.50. The molecule has 0 aromatic heterocycles. The number of carbonyl (C=O) groups is 2. The van der Waals surface area contributed by atoms with Crippen molar-refractivity contribution in [1.82, 2.24) is 5.32 Å². The molecule has 1 saturated carbocycles. The Morgan fingerprint density at radius 3 is 2.58 bits per heavy atom. The Bertz CT molecular complexity index is 495. The van der Waals surface area contributed by atoms with E-state index in [1.807, 2.05) is 12.1 Å². The van der Waals surface area contributed by atoms with Crippen LogP contribution in [0.4, 0.5) is 0 Å². The first kappa shape index (κ1) is 14.1. The molecule has 102 valence electrons. The average molecular weight is 277 g/mol. The van der Waals surface area contributed by atoms with Gasteiger partial charge >= 0.3 is 0 Å². The lowest BCUT2D eigenvalue weighted by Gasteiger charge is -2.19. The lowest BCUT2D eigenvalue weighted by Crippen LogP contribution is -2.33. The minimum absolute atomic E-state index is 0.0136. The molecule has 1 aliphatic rings. The highest BCUT2D eigenvalue weighted by molar-refractivity contribution is 7.98. The Balaban J connectivity index is 2.03. The lowest BCUT2D eigenvalue weighted by atomic mass is 9.96. The molecule has 0 unspecified atom stereocenters. The van der Waals surface area contributed by atoms with Crippen LogP contribution in [-0.4, -0.2) is 24.5 Å². The van der Waals surface area contributed by atoms with E-state index in [1.165, 1.54) is 17.4 Å². The second-order valence-electron chi connectivity index (χ2n) is 5.14. The van der Waals surface area contributed by atoms with Gasteiger partial charge in [0, 0.05) is 16.9 Å². The number of carbonyl (C=O) groups excluding carboxylic acids is 2. The summed E-state index contributed by atoms with van der Waals surface area (Å²) in [5.41, 5.74) is 1.41. The average Bonchev–Trinajstić information content (AvgIpc) is 3.17. The molecule has 0 saturated heterocycles. The molecule has 2 rings (SSSR count). The molecule has 1 N–H and O–H groups in total. The maximum absolute atomic E-state index is 11.6. The maximum Gasteiger partial charge on any atom is 0.227 e. The third kappa shape index (κ3) is 3.38. The second-order valence-corrected chi connectivity index (χ2v) is 5.98. The van der Waals surface area contributed by atoms with E-state index < -0.39 is 0 Å². The number of benzene rings is 1. The van der Waals surface area contributed by atoms with Crippen molar-refractivity contribution in [1.29, 1.82) is 0 Å². The number of amides is 1.